The van der Waals surface area contributed by atoms with Gasteiger partial charge in [0.1, 0.15) is 0 Å². The van der Waals surface area contributed by atoms with Gasteiger partial charge in [-0.3, -0.25) is 0 Å². The van der Waals surface area contributed by atoms with Gasteiger partial charge >= 0.3 is 12.4 Å². The third kappa shape index (κ3) is 3.86. The quantitative estimate of drug-likeness (QED) is 0.574. The van der Waals surface area contributed by atoms with E-state index in [1.165, 1.54) is 0 Å². The molecule has 0 saturated heterocycles. The average molecular weight is 224 g/mol. The van der Waals surface area contributed by atoms with Gasteiger partial charge in [0.2, 0.25) is 0 Å². The van der Waals surface area contributed by atoms with Crippen LogP contribution < -0.4 is 0 Å². The van der Waals surface area contributed by atoms with Crippen molar-refractivity contribution in [1.82, 2.24) is 0 Å². The summed E-state index contributed by atoms with van der Waals surface area (Å²) in [6.45, 7) is 0. The number of hydrogen-bond donors (Lipinski definition) is 1. The first-order valence-corrected chi connectivity index (χ1v) is 3.17. The second-order valence-corrected chi connectivity index (χ2v) is 2.22. The Morgan fingerprint density at radius 2 is 1.64 bits per heavy atom. The number of aliphatic hydroxyl groups excluding tert-OH is 1. The van der Waals surface area contributed by atoms with Gasteiger partial charge in [0.25, 0.3) is 0 Å². The number of halogens is 6. The van der Waals surface area contributed by atoms with E-state index in [2.05, 4.69) is 4.74 Å². The summed E-state index contributed by atoms with van der Waals surface area (Å²) in [6, 6.07) is 0. The maximum atomic E-state index is 11.8. The third-order valence-electron chi connectivity index (χ3n) is 1.14. The minimum Gasteiger partial charge on any atom is -0.492 e. The fourth-order valence-electron chi connectivity index (χ4n) is 0.516. The highest BCUT2D eigenvalue weighted by Crippen LogP contribution is 2.29. The van der Waals surface area contributed by atoms with E-state index in [-0.39, 0.29) is 0 Å². The van der Waals surface area contributed by atoms with Gasteiger partial charge in [-0.15, -0.1) is 0 Å². The van der Waals surface area contributed by atoms with Crippen molar-refractivity contribution < 1.29 is 36.2 Å². The molecule has 1 atom stereocenters. The van der Waals surface area contributed by atoms with E-state index in [0.29, 0.717) is 7.11 Å². The first-order chi connectivity index (χ1) is 6.09. The van der Waals surface area contributed by atoms with Crippen molar-refractivity contribution in [3.05, 3.63) is 11.8 Å². The van der Waals surface area contributed by atoms with Crippen molar-refractivity contribution in [1.29, 1.82) is 0 Å². The van der Waals surface area contributed by atoms with Gasteiger partial charge in [0, 0.05) is 6.08 Å². The molecule has 1 unspecified atom stereocenters. The lowest BCUT2D eigenvalue weighted by atomic mass is 10.3. The number of hydrogen-bond acceptors (Lipinski definition) is 2. The molecule has 0 aromatic heterocycles. The Balaban J connectivity index is 4.79. The number of allylic oxidation sites excluding steroid dienone is 1. The van der Waals surface area contributed by atoms with Gasteiger partial charge < -0.3 is 9.84 Å². The molecule has 0 aliphatic carbocycles. The summed E-state index contributed by atoms with van der Waals surface area (Å²) in [4.78, 5) is 0. The first-order valence-electron chi connectivity index (χ1n) is 3.17. The summed E-state index contributed by atoms with van der Waals surface area (Å²) in [6.07, 6.45) is -13.8. The minimum atomic E-state index is -5.14. The van der Waals surface area contributed by atoms with Crippen molar-refractivity contribution >= 4 is 0 Å². The number of ether oxygens (including phenoxy) is 1. The Kier molecular flexibility index (Phi) is 3.81. The molecule has 0 radical (unpaired) electrons. The van der Waals surface area contributed by atoms with Crippen LogP contribution in [0.3, 0.4) is 0 Å². The molecule has 0 heterocycles. The largest absolute Gasteiger partial charge is 0.492 e. The normalized spacial score (nSPS) is 16.7. The predicted octanol–water partition coefficient (Wildman–Crippen LogP) is 2.00. The number of methoxy groups -OCH3 is 1. The van der Waals surface area contributed by atoms with E-state index in [1.54, 1.807) is 0 Å². The lowest BCUT2D eigenvalue weighted by molar-refractivity contribution is -0.190. The standard InChI is InChI=1S/C6H6F6O2/c1-14-4(6(10,11)12)2-3(13)5(7,8)9/h2-3,13H,1H3/b4-2-. The number of rotatable bonds is 2. The fourth-order valence-corrected chi connectivity index (χ4v) is 0.516. The first kappa shape index (κ1) is 13.1. The van der Waals surface area contributed by atoms with Gasteiger partial charge in [0.15, 0.2) is 11.9 Å². The molecule has 0 aromatic carbocycles. The molecule has 0 aliphatic heterocycles. The Morgan fingerprint density at radius 1 is 1.21 bits per heavy atom. The SMILES string of the molecule is CO/C(=C\C(O)C(F)(F)F)C(F)(F)F. The summed E-state index contributed by atoms with van der Waals surface area (Å²) in [5.41, 5.74) is 0. The van der Waals surface area contributed by atoms with Crippen LogP contribution in [0.15, 0.2) is 11.8 Å². The highest BCUT2D eigenvalue weighted by atomic mass is 19.4. The van der Waals surface area contributed by atoms with E-state index in [9.17, 15) is 26.3 Å². The van der Waals surface area contributed by atoms with Crippen molar-refractivity contribution in [2.75, 3.05) is 7.11 Å². The second kappa shape index (κ2) is 4.07. The van der Waals surface area contributed by atoms with Gasteiger partial charge in [-0.25, -0.2) is 0 Å². The van der Waals surface area contributed by atoms with Crippen LogP contribution >= 0.6 is 0 Å². The molecule has 0 rings (SSSR count). The molecule has 2 nitrogen and oxygen atoms in total. The molecule has 0 aliphatic rings. The monoisotopic (exact) mass is 224 g/mol. The topological polar surface area (TPSA) is 29.5 Å². The Hall–Kier alpha value is -0.920. The molecule has 1 N–H and O–H groups in total. The molecule has 8 heteroatoms. The minimum absolute atomic E-state index is 0.444. The summed E-state index contributed by atoms with van der Waals surface area (Å²) in [7, 11) is 0.558. The van der Waals surface area contributed by atoms with Crippen LogP contribution in [-0.4, -0.2) is 30.7 Å². The molecule has 84 valence electrons. The van der Waals surface area contributed by atoms with E-state index < -0.39 is 30.3 Å². The lowest BCUT2D eigenvalue weighted by Gasteiger charge is -2.14. The lowest BCUT2D eigenvalue weighted by Crippen LogP contribution is -2.28. The average Bonchev–Trinajstić information content (AvgIpc) is 1.95. The van der Waals surface area contributed by atoms with E-state index >= 15 is 0 Å². The zero-order chi connectivity index (χ0) is 11.6. The van der Waals surface area contributed by atoms with Crippen molar-refractivity contribution in [3.8, 4) is 0 Å². The Bertz CT molecular complexity index is 215. The van der Waals surface area contributed by atoms with Crippen molar-refractivity contribution in [2.24, 2.45) is 0 Å². The van der Waals surface area contributed by atoms with Crippen LogP contribution in [0.5, 0.6) is 0 Å². The van der Waals surface area contributed by atoms with Gasteiger partial charge in [-0.2, -0.15) is 26.3 Å². The zero-order valence-corrected chi connectivity index (χ0v) is 6.78. The molecule has 0 saturated carbocycles. The number of aliphatic hydroxyl groups is 1. The van der Waals surface area contributed by atoms with E-state index in [0.717, 1.165) is 0 Å². The van der Waals surface area contributed by atoms with Gasteiger partial charge in [-0.05, 0) is 0 Å². The Labute approximate surface area is 74.8 Å². The molecule has 14 heavy (non-hydrogen) atoms. The second-order valence-electron chi connectivity index (χ2n) is 2.22. The summed E-state index contributed by atoms with van der Waals surface area (Å²) >= 11 is 0. The highest BCUT2D eigenvalue weighted by molar-refractivity contribution is 5.05. The van der Waals surface area contributed by atoms with Crippen LogP contribution in [0.25, 0.3) is 0 Å². The Morgan fingerprint density at radius 3 is 1.86 bits per heavy atom. The van der Waals surface area contributed by atoms with Crippen molar-refractivity contribution in [3.63, 3.8) is 0 Å². The van der Waals surface area contributed by atoms with Crippen LogP contribution in [0, 0.1) is 0 Å². The number of alkyl halides is 6. The maximum Gasteiger partial charge on any atom is 0.448 e. The van der Waals surface area contributed by atoms with E-state index in [1.807, 2.05) is 0 Å². The van der Waals surface area contributed by atoms with Gasteiger partial charge in [0.05, 0.1) is 7.11 Å². The fraction of sp³-hybridized carbons (Fsp3) is 0.667. The van der Waals surface area contributed by atoms with Crippen LogP contribution in [-0.2, 0) is 4.74 Å². The smallest absolute Gasteiger partial charge is 0.448 e. The molecule has 0 aromatic rings. The molecule has 0 fully saturated rings. The molecule has 0 spiro atoms. The van der Waals surface area contributed by atoms with Crippen LogP contribution in [0.1, 0.15) is 0 Å². The molecular weight excluding hydrogens is 218 g/mol. The maximum absolute atomic E-state index is 11.8. The van der Waals surface area contributed by atoms with Crippen LogP contribution in [0.2, 0.25) is 0 Å². The van der Waals surface area contributed by atoms with E-state index in [4.69, 9.17) is 5.11 Å². The summed E-state index contributed by atoms with van der Waals surface area (Å²) in [5.74, 6) is -1.89. The van der Waals surface area contributed by atoms with Crippen LogP contribution in [0.4, 0.5) is 26.3 Å². The molecule has 0 amide bonds. The molecule has 0 bridgehead atoms. The zero-order valence-electron chi connectivity index (χ0n) is 6.78. The van der Waals surface area contributed by atoms with Crippen molar-refractivity contribution in [2.45, 2.75) is 18.5 Å². The highest BCUT2D eigenvalue weighted by Gasteiger charge is 2.42. The summed E-state index contributed by atoms with van der Waals surface area (Å²) in [5, 5.41) is 8.27. The van der Waals surface area contributed by atoms with Gasteiger partial charge in [-0.1, -0.05) is 0 Å². The molecular formula is C6H6F6O2. The summed E-state index contributed by atoms with van der Waals surface area (Å²) < 4.78 is 73.9. The third-order valence-corrected chi connectivity index (χ3v) is 1.14. The predicted molar refractivity (Wildman–Crippen MR) is 33.2 cm³/mol.